The predicted octanol–water partition coefficient (Wildman–Crippen LogP) is 8.63. The van der Waals surface area contributed by atoms with Crippen LogP contribution in [0.5, 0.6) is 0 Å². The van der Waals surface area contributed by atoms with Gasteiger partial charge in [0.1, 0.15) is 11.2 Å². The van der Waals surface area contributed by atoms with Crippen molar-refractivity contribution in [3.8, 4) is 0 Å². The molecule has 4 nitrogen and oxygen atoms in total. The van der Waals surface area contributed by atoms with Crippen molar-refractivity contribution in [1.82, 2.24) is 0 Å². The van der Waals surface area contributed by atoms with Gasteiger partial charge in [-0.25, -0.2) is 4.79 Å². The van der Waals surface area contributed by atoms with E-state index in [0.717, 1.165) is 24.8 Å². The highest BCUT2D eigenvalue weighted by atomic mass is 16.6. The van der Waals surface area contributed by atoms with E-state index in [1.165, 1.54) is 54.4 Å². The summed E-state index contributed by atoms with van der Waals surface area (Å²) in [5, 5.41) is 0. The smallest absolute Gasteiger partial charge is 0.333 e. The van der Waals surface area contributed by atoms with Gasteiger partial charge in [-0.3, -0.25) is 4.79 Å². The second kappa shape index (κ2) is 11.3. The van der Waals surface area contributed by atoms with Gasteiger partial charge in [-0.2, -0.15) is 0 Å². The summed E-state index contributed by atoms with van der Waals surface area (Å²) in [6.07, 6.45) is 9.00. The summed E-state index contributed by atoms with van der Waals surface area (Å²) < 4.78 is 12.7. The molecule has 0 aromatic heterocycles. The molecule has 4 heteroatoms. The average Bonchev–Trinajstić information content (AvgIpc) is 3.39. The normalized spacial score (nSPS) is 28.1. The molecule has 2 aromatic carbocycles. The van der Waals surface area contributed by atoms with Crippen molar-refractivity contribution < 1.29 is 19.1 Å². The molecule has 3 aliphatic carbocycles. The first-order valence-corrected chi connectivity index (χ1v) is 16.1. The number of hydrogen-bond acceptors (Lipinski definition) is 4. The highest BCUT2D eigenvalue weighted by Crippen LogP contribution is 2.52. The van der Waals surface area contributed by atoms with Crippen LogP contribution in [0.2, 0.25) is 0 Å². The van der Waals surface area contributed by atoms with Gasteiger partial charge in [0.15, 0.2) is 0 Å². The molecule has 0 N–H and O–H groups in total. The summed E-state index contributed by atoms with van der Waals surface area (Å²) in [5.41, 5.74) is 4.74. The van der Waals surface area contributed by atoms with Crippen LogP contribution in [0.15, 0.2) is 54.6 Å². The van der Waals surface area contributed by atoms with Crippen LogP contribution in [0.3, 0.4) is 0 Å². The van der Waals surface area contributed by atoms with Crippen LogP contribution >= 0.6 is 0 Å². The van der Waals surface area contributed by atoms with Gasteiger partial charge in [0.25, 0.3) is 0 Å². The summed E-state index contributed by atoms with van der Waals surface area (Å²) >= 11 is 0. The Morgan fingerprint density at radius 1 is 0.929 bits per heavy atom. The molecule has 226 valence electrons. The van der Waals surface area contributed by atoms with Crippen molar-refractivity contribution in [2.24, 2.45) is 29.1 Å². The Hall–Kier alpha value is -2.88. The van der Waals surface area contributed by atoms with E-state index >= 15 is 0 Å². The summed E-state index contributed by atoms with van der Waals surface area (Å²) in [7, 11) is 0. The van der Waals surface area contributed by atoms with Crippen molar-refractivity contribution in [2.75, 3.05) is 0 Å². The zero-order valence-electron chi connectivity index (χ0n) is 26.8. The second-order valence-electron chi connectivity index (χ2n) is 14.9. The largest absolute Gasteiger partial charge is 0.454 e. The highest BCUT2D eigenvalue weighted by molar-refractivity contribution is 5.87. The van der Waals surface area contributed by atoms with Crippen LogP contribution in [-0.4, -0.2) is 11.9 Å². The Morgan fingerprint density at radius 3 is 2.26 bits per heavy atom. The minimum absolute atomic E-state index is 0.124. The van der Waals surface area contributed by atoms with Crippen molar-refractivity contribution >= 4 is 11.9 Å². The number of esters is 2. The Labute approximate surface area is 253 Å². The van der Waals surface area contributed by atoms with E-state index < -0.39 is 16.6 Å². The van der Waals surface area contributed by atoms with E-state index in [9.17, 15) is 9.59 Å². The van der Waals surface area contributed by atoms with Gasteiger partial charge in [0, 0.05) is 17.4 Å². The first-order valence-electron chi connectivity index (χ1n) is 16.1. The molecule has 0 spiro atoms. The van der Waals surface area contributed by atoms with E-state index in [4.69, 9.17) is 9.47 Å². The molecule has 0 amide bonds. The zero-order valence-corrected chi connectivity index (χ0v) is 26.8. The molecule has 5 rings (SSSR count). The number of carbonyl (C=O) groups is 2. The lowest BCUT2D eigenvalue weighted by Crippen LogP contribution is -2.41. The molecule has 2 aromatic rings. The molecule has 5 unspecified atom stereocenters. The van der Waals surface area contributed by atoms with E-state index in [-0.39, 0.29) is 23.8 Å². The molecule has 0 saturated heterocycles. The molecule has 0 aliphatic heterocycles. The molecule has 0 radical (unpaired) electrons. The molecule has 42 heavy (non-hydrogen) atoms. The zero-order chi connectivity index (χ0) is 30.4. The summed E-state index contributed by atoms with van der Waals surface area (Å²) in [5.74, 6) is 0.856. The molecular formula is C38H50O4. The fourth-order valence-corrected chi connectivity index (χ4v) is 8.17. The number of hydrogen-bond donors (Lipinski definition) is 0. The second-order valence-corrected chi connectivity index (χ2v) is 14.9. The standard InChI is InChI=1S/C38H50O4/c1-24(2)34(39)41-37(7)30-17-13-12-16-28(30)22-32(37)25(3)20-26-18-19-31-29(21-26)23-33(27-14-10-9-11-15-27)38(31,8)42-35(40)36(4,5)6/h12-13,16-19,21,25,27,32-33H,1,9-11,14-15,20,22-23H2,2-8H3. The van der Waals surface area contributed by atoms with Crippen molar-refractivity contribution in [3.63, 3.8) is 0 Å². The van der Waals surface area contributed by atoms with Gasteiger partial charge in [0.05, 0.1) is 5.41 Å². The maximum absolute atomic E-state index is 13.2. The number of benzene rings is 2. The molecule has 1 saturated carbocycles. The maximum Gasteiger partial charge on any atom is 0.333 e. The SMILES string of the molecule is C=C(C)C(=O)OC1(C)c2ccccc2CC1C(C)Cc1ccc2c(c1)CC(C1CCCCC1)C2(C)OC(=O)C(C)(C)C. The van der Waals surface area contributed by atoms with Gasteiger partial charge in [-0.05, 0) is 100 Å². The van der Waals surface area contributed by atoms with Crippen LogP contribution in [0.1, 0.15) is 108 Å². The fraction of sp³-hybridized carbons (Fsp3) is 0.579. The van der Waals surface area contributed by atoms with E-state index in [1.807, 2.05) is 26.8 Å². The van der Waals surface area contributed by atoms with Crippen molar-refractivity contribution in [3.05, 3.63) is 82.4 Å². The number of carbonyl (C=O) groups excluding carboxylic acids is 2. The third-order valence-electron chi connectivity index (χ3n) is 10.6. The Kier molecular flexibility index (Phi) is 8.24. The van der Waals surface area contributed by atoms with Crippen LogP contribution in [0.25, 0.3) is 0 Å². The monoisotopic (exact) mass is 570 g/mol. The van der Waals surface area contributed by atoms with E-state index in [1.54, 1.807) is 6.92 Å². The Balaban J connectivity index is 1.42. The van der Waals surface area contributed by atoms with Gasteiger partial charge in [0.2, 0.25) is 0 Å². The minimum Gasteiger partial charge on any atom is -0.454 e. The molecular weight excluding hydrogens is 520 g/mol. The predicted molar refractivity (Wildman–Crippen MR) is 168 cm³/mol. The minimum atomic E-state index is -0.700. The Bertz CT molecular complexity index is 1360. The topological polar surface area (TPSA) is 52.6 Å². The Morgan fingerprint density at radius 2 is 1.60 bits per heavy atom. The van der Waals surface area contributed by atoms with Gasteiger partial charge < -0.3 is 9.47 Å². The lowest BCUT2D eigenvalue weighted by Gasteiger charge is -2.40. The molecule has 1 fully saturated rings. The summed E-state index contributed by atoms with van der Waals surface area (Å²) in [6, 6.07) is 15.2. The first-order chi connectivity index (χ1) is 19.7. The molecule has 0 heterocycles. The van der Waals surface area contributed by atoms with Crippen molar-refractivity contribution in [2.45, 2.75) is 111 Å². The van der Waals surface area contributed by atoms with E-state index in [0.29, 0.717) is 17.4 Å². The van der Waals surface area contributed by atoms with Crippen LogP contribution in [-0.2, 0) is 49.5 Å². The molecule has 3 aliphatic rings. The van der Waals surface area contributed by atoms with Crippen LogP contribution in [0, 0.1) is 29.1 Å². The third kappa shape index (κ3) is 5.58. The number of fused-ring (bicyclic) bond motifs is 2. The molecule has 0 bridgehead atoms. The number of ether oxygens (including phenoxy) is 2. The quantitative estimate of drug-likeness (QED) is 0.247. The van der Waals surface area contributed by atoms with Gasteiger partial charge >= 0.3 is 11.9 Å². The highest BCUT2D eigenvalue weighted by Gasteiger charge is 2.51. The first kappa shape index (κ1) is 30.6. The van der Waals surface area contributed by atoms with Crippen molar-refractivity contribution in [1.29, 1.82) is 0 Å². The lowest BCUT2D eigenvalue weighted by molar-refractivity contribution is -0.177. The van der Waals surface area contributed by atoms with E-state index in [2.05, 4.69) is 63.7 Å². The van der Waals surface area contributed by atoms with Gasteiger partial charge in [-0.15, -0.1) is 0 Å². The number of rotatable bonds is 7. The van der Waals surface area contributed by atoms with Gasteiger partial charge in [-0.1, -0.05) is 88.1 Å². The molecule has 5 atom stereocenters. The van der Waals surface area contributed by atoms with Crippen LogP contribution < -0.4 is 0 Å². The average molecular weight is 571 g/mol. The third-order valence-corrected chi connectivity index (χ3v) is 10.6. The summed E-state index contributed by atoms with van der Waals surface area (Å²) in [6.45, 7) is 17.9. The summed E-state index contributed by atoms with van der Waals surface area (Å²) in [4.78, 5) is 26.0. The van der Waals surface area contributed by atoms with Crippen LogP contribution in [0.4, 0.5) is 0 Å². The maximum atomic E-state index is 13.2. The fourth-order valence-electron chi connectivity index (χ4n) is 8.17. The lowest BCUT2D eigenvalue weighted by atomic mass is 9.72.